The third kappa shape index (κ3) is 5.59. The topological polar surface area (TPSA) is 3.24 Å². The number of nitrogens with zero attached hydrogens (tertiary/aromatic N) is 1. The predicted molar refractivity (Wildman–Crippen MR) is 276 cm³/mol. The van der Waals surface area contributed by atoms with Gasteiger partial charge in [0.1, 0.15) is 0 Å². The molecule has 0 N–H and O–H groups in total. The minimum Gasteiger partial charge on any atom is -0.309 e. The molecule has 0 fully saturated rings. The van der Waals surface area contributed by atoms with Crippen molar-refractivity contribution < 1.29 is 0 Å². The molecule has 300 valence electrons. The summed E-state index contributed by atoms with van der Waals surface area (Å²) in [6.07, 6.45) is 0. The fourth-order valence-electron chi connectivity index (χ4n) is 10.8. The molecule has 0 aromatic heterocycles. The van der Waals surface area contributed by atoms with Crippen LogP contribution in [0.15, 0.2) is 237 Å². The molecule has 0 spiro atoms. The molecule has 0 bridgehead atoms. The van der Waals surface area contributed by atoms with E-state index in [4.69, 9.17) is 0 Å². The van der Waals surface area contributed by atoms with Crippen LogP contribution in [0.1, 0.15) is 0 Å². The molecule has 0 unspecified atom stereocenters. The highest BCUT2D eigenvalue weighted by Crippen LogP contribution is 2.55. The Kier molecular flexibility index (Phi) is 7.75. The Morgan fingerprint density at radius 2 is 0.600 bits per heavy atom. The van der Waals surface area contributed by atoms with Crippen molar-refractivity contribution in [2.75, 3.05) is 4.90 Å². The maximum Gasteiger partial charge on any atom is 0.0540 e. The maximum absolute atomic E-state index is 2.50. The van der Waals surface area contributed by atoms with Crippen molar-refractivity contribution in [3.05, 3.63) is 237 Å². The van der Waals surface area contributed by atoms with Gasteiger partial charge in [-0.3, -0.25) is 0 Å². The lowest BCUT2D eigenvalue weighted by Crippen LogP contribution is -2.12. The maximum atomic E-state index is 2.50. The van der Waals surface area contributed by atoms with Gasteiger partial charge in [-0.1, -0.05) is 158 Å². The van der Waals surface area contributed by atoms with Crippen molar-refractivity contribution in [2.45, 2.75) is 0 Å². The van der Waals surface area contributed by atoms with E-state index in [-0.39, 0.29) is 0 Å². The molecule has 0 heterocycles. The first kappa shape index (κ1) is 36.0. The largest absolute Gasteiger partial charge is 0.309 e. The van der Waals surface area contributed by atoms with E-state index in [1.807, 2.05) is 0 Å². The van der Waals surface area contributed by atoms with Gasteiger partial charge in [0, 0.05) is 16.5 Å². The summed E-state index contributed by atoms with van der Waals surface area (Å²) >= 11 is 0. The molecule has 0 amide bonds. The molecule has 1 nitrogen and oxygen atoms in total. The number of hydrogen-bond acceptors (Lipinski definition) is 1. The molecule has 0 saturated heterocycles. The number of benzene rings is 12. The summed E-state index contributed by atoms with van der Waals surface area (Å²) in [7, 11) is 0. The average molecular weight is 822 g/mol. The molecule has 12 aromatic carbocycles. The SMILES string of the molecule is c1ccc(-c2ccc(N(c3cccc4cc5c(cc34)-c3cc4ccc(-c6ccccc6)cc4cc3-5)c3cccc4cc5c(cc34)-c3cc4cccc(-c6ccccc6)c4cc3-5)cc2)cc1. The van der Waals surface area contributed by atoms with Gasteiger partial charge in [0.15, 0.2) is 0 Å². The normalized spacial score (nSPS) is 12.0. The Balaban J connectivity index is 0.921. The van der Waals surface area contributed by atoms with Gasteiger partial charge >= 0.3 is 0 Å². The Bertz CT molecular complexity index is 3910. The van der Waals surface area contributed by atoms with Gasteiger partial charge in [-0.15, -0.1) is 0 Å². The molecule has 2 aliphatic carbocycles. The van der Waals surface area contributed by atoms with Crippen LogP contribution in [-0.4, -0.2) is 0 Å². The lowest BCUT2D eigenvalue weighted by Gasteiger charge is -2.31. The molecular formula is C64H39N. The third-order valence-electron chi connectivity index (χ3n) is 14.1. The van der Waals surface area contributed by atoms with Gasteiger partial charge in [0.05, 0.1) is 11.4 Å². The van der Waals surface area contributed by atoms with Gasteiger partial charge in [0.2, 0.25) is 0 Å². The zero-order chi connectivity index (χ0) is 42.6. The molecule has 0 saturated carbocycles. The third-order valence-corrected chi connectivity index (χ3v) is 14.1. The molecule has 0 atom stereocenters. The van der Waals surface area contributed by atoms with Crippen molar-refractivity contribution in [2.24, 2.45) is 0 Å². The quantitative estimate of drug-likeness (QED) is 0.161. The van der Waals surface area contributed by atoms with Crippen LogP contribution < -0.4 is 4.90 Å². The molecule has 2 aliphatic rings. The van der Waals surface area contributed by atoms with Crippen LogP contribution in [0.3, 0.4) is 0 Å². The molecule has 65 heavy (non-hydrogen) atoms. The van der Waals surface area contributed by atoms with Gasteiger partial charge in [0.25, 0.3) is 0 Å². The number of fused-ring (bicyclic) bond motifs is 12. The standard InChI is InChI=1S/C64H39N/c1-4-13-40(14-5-1)42-27-29-50(30-28-42)65(63-23-11-20-47-34-56-59-36-49-31-44(41-15-6-2-7-16-41)25-26-45(49)32-55(59)61(56)38-53(47)63)64-24-12-21-48-35-58-60-37-52-46(33-57(60)62(58)39-54(48)64)19-10-22-51(52)43-17-8-3-9-18-43/h1-39H. The van der Waals surface area contributed by atoms with E-state index in [0.717, 1.165) is 17.1 Å². The molecule has 0 aliphatic heterocycles. The molecule has 14 rings (SSSR count). The van der Waals surface area contributed by atoms with Crippen LogP contribution in [0.2, 0.25) is 0 Å². The van der Waals surface area contributed by atoms with Crippen LogP contribution in [0.5, 0.6) is 0 Å². The van der Waals surface area contributed by atoms with Crippen LogP contribution in [-0.2, 0) is 0 Å². The van der Waals surface area contributed by atoms with Gasteiger partial charge in [-0.2, -0.15) is 0 Å². The Hall–Kier alpha value is -8.52. The van der Waals surface area contributed by atoms with Gasteiger partial charge in [-0.25, -0.2) is 0 Å². The number of rotatable bonds is 6. The summed E-state index contributed by atoms with van der Waals surface area (Å²) in [6.45, 7) is 0. The summed E-state index contributed by atoms with van der Waals surface area (Å²) in [6, 6.07) is 87.7. The predicted octanol–water partition coefficient (Wildman–Crippen LogP) is 18.1. The highest BCUT2D eigenvalue weighted by molar-refractivity contribution is 6.18. The Morgan fingerprint density at radius 1 is 0.200 bits per heavy atom. The summed E-state index contributed by atoms with van der Waals surface area (Å²) in [4.78, 5) is 2.50. The number of hydrogen-bond donors (Lipinski definition) is 0. The van der Waals surface area contributed by atoms with E-state index in [2.05, 4.69) is 241 Å². The molecule has 1 heteroatoms. The van der Waals surface area contributed by atoms with Crippen molar-refractivity contribution in [3.8, 4) is 77.9 Å². The minimum atomic E-state index is 1.12. The van der Waals surface area contributed by atoms with Crippen molar-refractivity contribution in [3.63, 3.8) is 0 Å². The second-order valence-electron chi connectivity index (χ2n) is 17.7. The molecule has 0 radical (unpaired) electrons. The van der Waals surface area contributed by atoms with Crippen molar-refractivity contribution in [1.82, 2.24) is 0 Å². The highest BCUT2D eigenvalue weighted by atomic mass is 15.1. The van der Waals surface area contributed by atoms with Crippen LogP contribution >= 0.6 is 0 Å². The van der Waals surface area contributed by atoms with E-state index < -0.39 is 0 Å². The second kappa shape index (κ2) is 14.0. The fraction of sp³-hybridized carbons (Fsp3) is 0. The average Bonchev–Trinajstić information content (AvgIpc) is 3.37. The molecule has 12 aromatic rings. The van der Waals surface area contributed by atoms with Crippen molar-refractivity contribution >= 4 is 60.2 Å². The minimum absolute atomic E-state index is 1.12. The van der Waals surface area contributed by atoms with E-state index in [0.29, 0.717) is 0 Å². The first-order valence-corrected chi connectivity index (χ1v) is 22.6. The van der Waals surface area contributed by atoms with Crippen LogP contribution in [0, 0.1) is 0 Å². The van der Waals surface area contributed by atoms with E-state index in [1.54, 1.807) is 0 Å². The number of anilines is 3. The summed E-state index contributed by atoms with van der Waals surface area (Å²) in [5.74, 6) is 0. The van der Waals surface area contributed by atoms with Gasteiger partial charge in [-0.05, 0) is 189 Å². The van der Waals surface area contributed by atoms with Gasteiger partial charge < -0.3 is 4.90 Å². The van der Waals surface area contributed by atoms with E-state index >= 15 is 0 Å². The fourth-order valence-corrected chi connectivity index (χ4v) is 10.8. The van der Waals surface area contributed by atoms with Crippen LogP contribution in [0.4, 0.5) is 17.1 Å². The molecular weight excluding hydrogens is 783 g/mol. The van der Waals surface area contributed by atoms with Crippen LogP contribution in [0.25, 0.3) is 121 Å². The van der Waals surface area contributed by atoms with E-state index in [9.17, 15) is 0 Å². The van der Waals surface area contributed by atoms with E-state index in [1.165, 1.54) is 121 Å². The Morgan fingerprint density at radius 3 is 1.15 bits per heavy atom. The highest BCUT2D eigenvalue weighted by Gasteiger charge is 2.28. The summed E-state index contributed by atoms with van der Waals surface area (Å²) < 4.78 is 0. The first-order valence-electron chi connectivity index (χ1n) is 22.6. The Labute approximate surface area is 377 Å². The van der Waals surface area contributed by atoms with Crippen molar-refractivity contribution in [1.29, 1.82) is 0 Å². The lowest BCUT2D eigenvalue weighted by atomic mass is 9.77. The lowest BCUT2D eigenvalue weighted by molar-refractivity contribution is 1.31. The summed E-state index contributed by atoms with van der Waals surface area (Å²) in [5, 5.41) is 10.0. The second-order valence-corrected chi connectivity index (χ2v) is 17.7. The monoisotopic (exact) mass is 821 g/mol. The first-order chi connectivity index (χ1) is 32.2. The zero-order valence-corrected chi connectivity index (χ0v) is 35.5. The summed E-state index contributed by atoms with van der Waals surface area (Å²) in [5.41, 5.74) is 21.4. The smallest absolute Gasteiger partial charge is 0.0540 e. The zero-order valence-electron chi connectivity index (χ0n) is 35.5.